The standard InChI is InChI=1S/C54H47FN8O5/c1-31-11-9-12-32(2)52(31)68-47-30-60(4)49(65)24-38(47)43-29-62(6)53(66)50-39(43)21-45(57-50)35-25-56-63(26-35)20-10-13-33-16-18-34(19-17-33)41-27-59(3)48(64)23-37(41)42-28-61(5)54(67)51-40(42)22-46(58-51)36-14-7-8-15-44(36)55/h7-9,11-12,14-19,21-30,57-58H,10,13,20H2,1-6H3. The smallest absolute Gasteiger partial charge is 0.274 e. The van der Waals surface area contributed by atoms with Crippen LogP contribution in [0.4, 0.5) is 4.39 Å². The number of aromatic nitrogens is 8. The molecule has 0 saturated carbocycles. The maximum atomic E-state index is 14.9. The van der Waals surface area contributed by atoms with Crippen LogP contribution in [0.2, 0.25) is 0 Å². The zero-order chi connectivity index (χ0) is 47.5. The van der Waals surface area contributed by atoms with Gasteiger partial charge < -0.3 is 33.0 Å². The van der Waals surface area contributed by atoms with Gasteiger partial charge in [-0.3, -0.25) is 23.9 Å². The van der Waals surface area contributed by atoms with Crippen molar-refractivity contribution in [3.8, 4) is 67.4 Å². The summed E-state index contributed by atoms with van der Waals surface area (Å²) in [7, 11) is 6.74. The highest BCUT2D eigenvalue weighted by Crippen LogP contribution is 2.40. The minimum Gasteiger partial charge on any atom is -0.455 e. The Morgan fingerprint density at radius 1 is 0.574 bits per heavy atom. The largest absolute Gasteiger partial charge is 0.455 e. The number of hydrogen-bond donors (Lipinski definition) is 2. The molecule has 0 radical (unpaired) electrons. The fourth-order valence-corrected chi connectivity index (χ4v) is 9.05. The van der Waals surface area contributed by atoms with Crippen molar-refractivity contribution in [2.24, 2.45) is 28.2 Å². The van der Waals surface area contributed by atoms with Gasteiger partial charge in [-0.1, -0.05) is 54.6 Å². The summed E-state index contributed by atoms with van der Waals surface area (Å²) in [6.45, 7) is 4.60. The van der Waals surface area contributed by atoms with Gasteiger partial charge in [0.25, 0.3) is 22.2 Å². The zero-order valence-electron chi connectivity index (χ0n) is 38.3. The Hall–Kier alpha value is -8.52. The van der Waals surface area contributed by atoms with Crippen molar-refractivity contribution in [2.75, 3.05) is 0 Å². The second-order valence-corrected chi connectivity index (χ2v) is 17.5. The van der Waals surface area contributed by atoms with Crippen LogP contribution < -0.4 is 27.0 Å². The molecule has 0 amide bonds. The minimum absolute atomic E-state index is 0.206. The van der Waals surface area contributed by atoms with Gasteiger partial charge in [-0.25, -0.2) is 4.39 Å². The predicted octanol–water partition coefficient (Wildman–Crippen LogP) is 9.16. The SMILES string of the molecule is Cc1cccc(C)c1Oc1cn(C)c(=O)cc1-c1cn(C)c(=O)c2[nH]c(-c3cnn(CCCc4ccc(-c5cn(C)c(=O)cc5-c5cn(C)c(=O)c6[nH]c(-c7ccccc7F)cc56)cc4)c3)cc12. The van der Waals surface area contributed by atoms with Crippen LogP contribution in [0.1, 0.15) is 23.1 Å². The number of halogens is 1. The molecule has 0 atom stereocenters. The molecule has 14 heteroatoms. The van der Waals surface area contributed by atoms with E-state index in [0.29, 0.717) is 79.1 Å². The summed E-state index contributed by atoms with van der Waals surface area (Å²) in [5, 5.41) is 5.90. The summed E-state index contributed by atoms with van der Waals surface area (Å²) in [6, 6.07) is 27.4. The molecule has 0 aliphatic heterocycles. The van der Waals surface area contributed by atoms with Crippen molar-refractivity contribution in [2.45, 2.75) is 33.2 Å². The van der Waals surface area contributed by atoms with E-state index in [9.17, 15) is 23.6 Å². The molecular weight excluding hydrogens is 860 g/mol. The van der Waals surface area contributed by atoms with Crippen LogP contribution in [0.15, 0.2) is 147 Å². The summed E-state index contributed by atoms with van der Waals surface area (Å²) in [4.78, 5) is 59.6. The number of aromatic amines is 2. The highest BCUT2D eigenvalue weighted by atomic mass is 19.1. The van der Waals surface area contributed by atoms with Gasteiger partial charge in [0.1, 0.15) is 22.6 Å². The Balaban J connectivity index is 0.894. The molecule has 10 aromatic rings. The second-order valence-electron chi connectivity index (χ2n) is 17.5. The number of fused-ring (bicyclic) bond motifs is 2. The van der Waals surface area contributed by atoms with Crippen molar-refractivity contribution in [3.63, 3.8) is 0 Å². The summed E-state index contributed by atoms with van der Waals surface area (Å²) >= 11 is 0. The predicted molar refractivity (Wildman–Crippen MR) is 265 cm³/mol. The monoisotopic (exact) mass is 906 g/mol. The van der Waals surface area contributed by atoms with Gasteiger partial charge in [0.05, 0.1) is 12.4 Å². The molecule has 0 fully saturated rings. The molecule has 0 saturated heterocycles. The first-order chi connectivity index (χ1) is 32.7. The molecule has 7 heterocycles. The number of hydrogen-bond acceptors (Lipinski definition) is 6. The van der Waals surface area contributed by atoms with Crippen LogP contribution in [-0.2, 0) is 41.2 Å². The number of para-hydroxylation sites is 1. The number of ether oxygens (including phenoxy) is 1. The minimum atomic E-state index is -0.412. The van der Waals surface area contributed by atoms with Crippen LogP contribution in [0.25, 0.3) is 77.7 Å². The quantitative estimate of drug-likeness (QED) is 0.132. The number of nitrogens with zero attached hydrogens (tertiary/aromatic N) is 6. The van der Waals surface area contributed by atoms with Crippen molar-refractivity contribution in [3.05, 3.63) is 192 Å². The van der Waals surface area contributed by atoms with Crippen LogP contribution in [0, 0.1) is 19.7 Å². The molecule has 3 aromatic carbocycles. The Labute approximate surface area is 388 Å². The number of nitrogens with one attached hydrogen (secondary N) is 2. The van der Waals surface area contributed by atoms with Crippen LogP contribution in [0.5, 0.6) is 11.5 Å². The first-order valence-electron chi connectivity index (χ1n) is 22.2. The molecule has 13 nitrogen and oxygen atoms in total. The molecule has 0 bridgehead atoms. The lowest BCUT2D eigenvalue weighted by molar-refractivity contribution is 0.470. The maximum absolute atomic E-state index is 14.9. The Morgan fingerprint density at radius 3 is 1.84 bits per heavy atom. The number of rotatable bonds is 11. The van der Waals surface area contributed by atoms with E-state index in [0.717, 1.165) is 46.2 Å². The van der Waals surface area contributed by atoms with Crippen molar-refractivity contribution < 1.29 is 9.13 Å². The third kappa shape index (κ3) is 7.78. The average molecular weight is 907 g/mol. The van der Waals surface area contributed by atoms with E-state index in [2.05, 4.69) is 27.2 Å². The van der Waals surface area contributed by atoms with Gasteiger partial charge in [0, 0.05) is 127 Å². The first-order valence-corrected chi connectivity index (χ1v) is 22.2. The van der Waals surface area contributed by atoms with E-state index in [-0.39, 0.29) is 22.2 Å². The zero-order valence-corrected chi connectivity index (χ0v) is 38.3. The second kappa shape index (κ2) is 17.0. The lowest BCUT2D eigenvalue weighted by Crippen LogP contribution is -2.18. The van der Waals surface area contributed by atoms with Crippen molar-refractivity contribution in [1.29, 1.82) is 0 Å². The van der Waals surface area contributed by atoms with Crippen molar-refractivity contribution in [1.82, 2.24) is 38.0 Å². The lowest BCUT2D eigenvalue weighted by Gasteiger charge is -2.17. The van der Waals surface area contributed by atoms with Crippen LogP contribution >= 0.6 is 0 Å². The normalized spacial score (nSPS) is 11.6. The summed E-state index contributed by atoms with van der Waals surface area (Å²) < 4.78 is 29.3. The molecule has 0 aliphatic rings. The van der Waals surface area contributed by atoms with Gasteiger partial charge in [0.2, 0.25) is 0 Å². The molecule has 0 aliphatic carbocycles. The first kappa shape index (κ1) is 43.4. The van der Waals surface area contributed by atoms with Gasteiger partial charge in [0.15, 0.2) is 5.75 Å². The highest BCUT2D eigenvalue weighted by Gasteiger charge is 2.21. The molecule has 0 unspecified atom stereocenters. The molecule has 7 aromatic heterocycles. The molecule has 10 rings (SSSR count). The van der Waals surface area contributed by atoms with E-state index in [1.54, 1.807) is 95.6 Å². The van der Waals surface area contributed by atoms with Gasteiger partial charge in [-0.05, 0) is 78.8 Å². The number of aryl methyl sites for hydroxylation is 8. The fraction of sp³-hybridized carbons (Fsp3) is 0.167. The number of benzene rings is 3. The highest BCUT2D eigenvalue weighted by molar-refractivity contribution is 6.01. The topological polar surface area (TPSA) is 147 Å². The third-order valence-corrected chi connectivity index (χ3v) is 12.8. The summed E-state index contributed by atoms with van der Waals surface area (Å²) in [5.74, 6) is 0.786. The molecule has 2 N–H and O–H groups in total. The Kier molecular flexibility index (Phi) is 10.9. The van der Waals surface area contributed by atoms with Crippen LogP contribution in [-0.4, -0.2) is 38.0 Å². The van der Waals surface area contributed by atoms with E-state index in [4.69, 9.17) is 4.74 Å². The van der Waals surface area contributed by atoms with Gasteiger partial charge >= 0.3 is 0 Å². The van der Waals surface area contributed by atoms with Gasteiger partial charge in [-0.15, -0.1) is 0 Å². The Bertz CT molecular complexity index is 3860. The lowest BCUT2D eigenvalue weighted by atomic mass is 9.94. The number of pyridine rings is 4. The molecule has 0 spiro atoms. The number of H-pyrrole nitrogens is 2. The third-order valence-electron chi connectivity index (χ3n) is 12.8. The van der Waals surface area contributed by atoms with E-state index in [1.807, 2.05) is 61.1 Å². The summed E-state index contributed by atoms with van der Waals surface area (Å²) in [6.07, 6.45) is 12.2. The van der Waals surface area contributed by atoms with E-state index < -0.39 is 5.82 Å². The fourth-order valence-electron chi connectivity index (χ4n) is 9.05. The average Bonchev–Trinajstić information content (AvgIpc) is 4.10. The van der Waals surface area contributed by atoms with E-state index >= 15 is 0 Å². The molecule has 68 heavy (non-hydrogen) atoms. The van der Waals surface area contributed by atoms with Crippen molar-refractivity contribution >= 4 is 21.8 Å². The van der Waals surface area contributed by atoms with Gasteiger partial charge in [-0.2, -0.15) is 5.10 Å². The molecular formula is C54H47FN8O5. The van der Waals surface area contributed by atoms with Crippen LogP contribution in [0.3, 0.4) is 0 Å². The summed E-state index contributed by atoms with van der Waals surface area (Å²) in [5.41, 5.74) is 9.46. The molecule has 340 valence electrons. The Morgan fingerprint density at radius 2 is 1.16 bits per heavy atom. The maximum Gasteiger partial charge on any atom is 0.274 e. The van der Waals surface area contributed by atoms with E-state index in [1.165, 1.54) is 24.3 Å².